The van der Waals surface area contributed by atoms with Crippen LogP contribution in [0.4, 0.5) is 13.2 Å². The van der Waals surface area contributed by atoms with E-state index in [9.17, 15) is 13.2 Å². The summed E-state index contributed by atoms with van der Waals surface area (Å²) in [5.74, 6) is 0. The second kappa shape index (κ2) is 8.10. The second-order valence-corrected chi connectivity index (χ2v) is 8.37. The van der Waals surface area contributed by atoms with Crippen LogP contribution in [0, 0.1) is 0 Å². The summed E-state index contributed by atoms with van der Waals surface area (Å²) in [6.45, 7) is 1.31. The Kier molecular flexibility index (Phi) is 5.70. The average molecular weight is 427 g/mol. The number of oxime groups is 1. The average Bonchev–Trinajstić information content (AvgIpc) is 3.34. The van der Waals surface area contributed by atoms with Gasteiger partial charge in [-0.3, -0.25) is 0 Å². The molecule has 0 radical (unpaired) electrons. The van der Waals surface area contributed by atoms with Gasteiger partial charge >= 0.3 is 6.18 Å². The van der Waals surface area contributed by atoms with Gasteiger partial charge in [-0.25, -0.2) is 0 Å². The molecule has 2 heterocycles. The van der Waals surface area contributed by atoms with Gasteiger partial charge in [0.15, 0.2) is 0 Å². The topological polar surface area (TPSA) is 46.1 Å². The highest BCUT2D eigenvalue weighted by molar-refractivity contribution is 7.80. The van der Waals surface area contributed by atoms with Gasteiger partial charge in [0.25, 0.3) is 5.17 Å². The third kappa shape index (κ3) is 4.83. The lowest BCUT2D eigenvalue weighted by atomic mass is 9.86. The minimum Gasteiger partial charge on any atom is -0.388 e. The van der Waals surface area contributed by atoms with Crippen molar-refractivity contribution in [3.8, 4) is 0 Å². The highest BCUT2D eigenvalue weighted by Gasteiger charge is 2.43. The summed E-state index contributed by atoms with van der Waals surface area (Å²) in [6.07, 6.45) is 2.38. The number of thiocarbonyl (C=S) groups is 1. The summed E-state index contributed by atoms with van der Waals surface area (Å²) in [5.41, 5.74) is 0.267. The van der Waals surface area contributed by atoms with Crippen LogP contribution in [0.1, 0.15) is 56.1 Å². The molecular formula is C20H24F3N3O2S. The molecule has 1 aliphatic carbocycles. The Morgan fingerprint density at radius 1 is 1.17 bits per heavy atom. The Morgan fingerprint density at radius 3 is 2.45 bits per heavy atom. The van der Waals surface area contributed by atoms with Crippen molar-refractivity contribution in [2.75, 3.05) is 13.1 Å². The monoisotopic (exact) mass is 427 g/mol. The molecule has 0 aromatic heterocycles. The van der Waals surface area contributed by atoms with E-state index in [1.807, 2.05) is 5.06 Å². The van der Waals surface area contributed by atoms with Crippen molar-refractivity contribution >= 4 is 23.1 Å². The SMILES string of the molecule is FC(F)(F)c1ccc(C2=NOC3(CCN(OC(=S)NC4CCCC4)CC3)C2)cc1. The van der Waals surface area contributed by atoms with Gasteiger partial charge in [-0.05, 0) is 42.8 Å². The van der Waals surface area contributed by atoms with Crippen LogP contribution in [-0.2, 0) is 15.9 Å². The predicted octanol–water partition coefficient (Wildman–Crippen LogP) is 4.41. The lowest BCUT2D eigenvalue weighted by molar-refractivity contribution is -0.145. The first-order chi connectivity index (χ1) is 13.8. The summed E-state index contributed by atoms with van der Waals surface area (Å²) in [4.78, 5) is 11.5. The fourth-order valence-corrected chi connectivity index (χ4v) is 4.43. The molecule has 4 rings (SSSR count). The van der Waals surface area contributed by atoms with Crippen molar-refractivity contribution in [3.63, 3.8) is 0 Å². The molecule has 29 heavy (non-hydrogen) atoms. The van der Waals surface area contributed by atoms with E-state index >= 15 is 0 Å². The normalized spacial score (nSPS) is 22.4. The molecule has 3 aliphatic rings. The van der Waals surface area contributed by atoms with E-state index in [1.165, 1.54) is 25.0 Å². The Bertz CT molecular complexity index is 768. The van der Waals surface area contributed by atoms with Crippen molar-refractivity contribution < 1.29 is 22.8 Å². The number of hydrogen-bond donors (Lipinski definition) is 1. The van der Waals surface area contributed by atoms with E-state index in [4.69, 9.17) is 21.9 Å². The van der Waals surface area contributed by atoms with E-state index in [0.717, 1.165) is 25.0 Å². The zero-order chi connectivity index (χ0) is 20.5. The molecule has 9 heteroatoms. The molecule has 0 bridgehead atoms. The summed E-state index contributed by atoms with van der Waals surface area (Å²) >= 11 is 5.31. The number of nitrogens with zero attached hydrogens (tertiary/aromatic N) is 2. The van der Waals surface area contributed by atoms with Gasteiger partial charge in [0.1, 0.15) is 5.60 Å². The Morgan fingerprint density at radius 2 is 1.83 bits per heavy atom. The van der Waals surface area contributed by atoms with Gasteiger partial charge in [0.2, 0.25) is 0 Å². The molecule has 0 atom stereocenters. The number of alkyl halides is 3. The quantitative estimate of drug-likeness (QED) is 0.724. The van der Waals surface area contributed by atoms with Crippen LogP contribution in [0.15, 0.2) is 29.4 Å². The zero-order valence-corrected chi connectivity index (χ0v) is 16.8. The van der Waals surface area contributed by atoms with Crippen LogP contribution < -0.4 is 5.32 Å². The Hall–Kier alpha value is -1.87. The van der Waals surface area contributed by atoms with E-state index in [0.29, 0.717) is 54.8 Å². The van der Waals surface area contributed by atoms with Gasteiger partial charge in [-0.15, -0.1) is 5.06 Å². The molecule has 1 aromatic carbocycles. The number of hydroxylamine groups is 2. The van der Waals surface area contributed by atoms with E-state index in [1.54, 1.807) is 0 Å². The number of hydrogen-bond acceptors (Lipinski definition) is 5. The van der Waals surface area contributed by atoms with Gasteiger partial charge in [0, 0.05) is 38.4 Å². The maximum Gasteiger partial charge on any atom is 0.416 e. The molecule has 2 fully saturated rings. The Balaban J connectivity index is 1.27. The van der Waals surface area contributed by atoms with E-state index in [-0.39, 0.29) is 0 Å². The fourth-order valence-electron chi connectivity index (χ4n) is 4.16. The van der Waals surface area contributed by atoms with Crippen molar-refractivity contribution in [2.45, 2.75) is 62.8 Å². The highest BCUT2D eigenvalue weighted by Crippen LogP contribution is 2.37. The van der Waals surface area contributed by atoms with Crippen molar-refractivity contribution in [2.24, 2.45) is 5.16 Å². The molecule has 2 aliphatic heterocycles. The molecule has 1 N–H and O–H groups in total. The van der Waals surface area contributed by atoms with Crippen LogP contribution in [0.3, 0.4) is 0 Å². The maximum absolute atomic E-state index is 12.7. The smallest absolute Gasteiger partial charge is 0.388 e. The molecule has 1 saturated carbocycles. The molecule has 1 saturated heterocycles. The van der Waals surface area contributed by atoms with Crippen molar-refractivity contribution in [1.29, 1.82) is 0 Å². The van der Waals surface area contributed by atoms with Crippen molar-refractivity contribution in [1.82, 2.24) is 10.4 Å². The lowest BCUT2D eigenvalue weighted by Crippen LogP contribution is -2.47. The van der Waals surface area contributed by atoms with Crippen LogP contribution in [0.5, 0.6) is 0 Å². The first-order valence-corrected chi connectivity index (χ1v) is 10.4. The van der Waals surface area contributed by atoms with Gasteiger partial charge < -0.3 is 15.0 Å². The summed E-state index contributed by atoms with van der Waals surface area (Å²) in [5, 5.41) is 9.69. The summed E-state index contributed by atoms with van der Waals surface area (Å²) < 4.78 is 38.2. The predicted molar refractivity (Wildman–Crippen MR) is 106 cm³/mol. The summed E-state index contributed by atoms with van der Waals surface area (Å²) in [7, 11) is 0. The minimum atomic E-state index is -4.34. The number of rotatable bonds is 3. The molecule has 0 unspecified atom stereocenters. The minimum absolute atomic E-state index is 0.413. The molecule has 1 spiro atoms. The van der Waals surface area contributed by atoms with E-state index < -0.39 is 17.3 Å². The summed E-state index contributed by atoms with van der Waals surface area (Å²) in [6, 6.07) is 5.48. The molecular weight excluding hydrogens is 403 g/mol. The van der Waals surface area contributed by atoms with Crippen LogP contribution >= 0.6 is 12.2 Å². The van der Waals surface area contributed by atoms with Gasteiger partial charge in [-0.1, -0.05) is 30.1 Å². The number of benzene rings is 1. The number of halogens is 3. The first-order valence-electron chi connectivity index (χ1n) is 9.99. The highest BCUT2D eigenvalue weighted by atomic mass is 32.1. The first kappa shape index (κ1) is 20.4. The third-order valence-electron chi connectivity index (χ3n) is 5.91. The standard InChI is InChI=1S/C20H24F3N3O2S/c21-20(22,23)15-7-5-14(6-8-15)17-13-19(28-25-17)9-11-26(12-10-19)27-18(29)24-16-3-1-2-4-16/h5-8,16H,1-4,9-13H2,(H,24,29). The zero-order valence-electron chi connectivity index (χ0n) is 16.0. The largest absolute Gasteiger partial charge is 0.416 e. The van der Waals surface area contributed by atoms with Crippen LogP contribution in [0.2, 0.25) is 0 Å². The molecule has 5 nitrogen and oxygen atoms in total. The lowest BCUT2D eigenvalue weighted by Gasteiger charge is -2.36. The van der Waals surface area contributed by atoms with Crippen LogP contribution in [0.25, 0.3) is 0 Å². The number of nitrogens with one attached hydrogen (secondary N) is 1. The van der Waals surface area contributed by atoms with Gasteiger partial charge in [-0.2, -0.15) is 13.2 Å². The fraction of sp³-hybridized carbons (Fsp3) is 0.600. The third-order valence-corrected chi connectivity index (χ3v) is 6.10. The molecule has 158 valence electrons. The van der Waals surface area contributed by atoms with E-state index in [2.05, 4.69) is 10.5 Å². The van der Waals surface area contributed by atoms with Gasteiger partial charge in [0.05, 0.1) is 11.3 Å². The Labute approximate surface area is 173 Å². The molecule has 1 aromatic rings. The molecule has 0 amide bonds. The van der Waals surface area contributed by atoms with Crippen molar-refractivity contribution in [3.05, 3.63) is 35.4 Å². The maximum atomic E-state index is 12.7. The van der Waals surface area contributed by atoms with Crippen LogP contribution in [-0.4, -0.2) is 40.7 Å². The number of piperidine rings is 1. The second-order valence-electron chi connectivity index (χ2n) is 8.00.